The third-order valence-corrected chi connectivity index (χ3v) is 2.70. The number of aryl methyl sites for hydroxylation is 2. The predicted molar refractivity (Wildman–Crippen MR) is 66.0 cm³/mol. The highest BCUT2D eigenvalue weighted by atomic mass is 35.5. The number of halogens is 1. The lowest BCUT2D eigenvalue weighted by molar-refractivity contribution is 0.302. The van der Waals surface area contributed by atoms with Crippen molar-refractivity contribution in [2.45, 2.75) is 33.1 Å². The first-order chi connectivity index (χ1) is 7.25. The number of alkyl halides is 1. The molecule has 0 heterocycles. The van der Waals surface area contributed by atoms with Crippen LogP contribution in [0.5, 0.6) is 5.75 Å². The molecule has 1 rings (SSSR count). The van der Waals surface area contributed by atoms with Crippen LogP contribution in [-0.2, 0) is 0 Å². The van der Waals surface area contributed by atoms with Crippen LogP contribution in [0.4, 0.5) is 0 Å². The van der Waals surface area contributed by atoms with Crippen LogP contribution in [0.2, 0.25) is 0 Å². The van der Waals surface area contributed by atoms with Crippen molar-refractivity contribution in [1.29, 1.82) is 0 Å². The van der Waals surface area contributed by atoms with E-state index in [0.717, 1.165) is 37.5 Å². The fourth-order valence-corrected chi connectivity index (χ4v) is 1.76. The summed E-state index contributed by atoms with van der Waals surface area (Å²) in [6.45, 7) is 4.96. The van der Waals surface area contributed by atoms with Crippen LogP contribution in [0.25, 0.3) is 0 Å². The van der Waals surface area contributed by atoms with E-state index in [0.29, 0.717) is 0 Å². The van der Waals surface area contributed by atoms with Gasteiger partial charge in [0.05, 0.1) is 6.61 Å². The molecule has 0 aliphatic carbocycles. The van der Waals surface area contributed by atoms with Crippen molar-refractivity contribution in [2.75, 3.05) is 12.5 Å². The third kappa shape index (κ3) is 4.13. The highest BCUT2D eigenvalue weighted by Crippen LogP contribution is 2.22. The topological polar surface area (TPSA) is 9.23 Å². The molecule has 0 spiro atoms. The van der Waals surface area contributed by atoms with Crippen molar-refractivity contribution in [1.82, 2.24) is 0 Å². The van der Waals surface area contributed by atoms with E-state index in [9.17, 15) is 0 Å². The Morgan fingerprint density at radius 1 is 1.07 bits per heavy atom. The first kappa shape index (κ1) is 12.4. The number of benzene rings is 1. The molecule has 0 aromatic heterocycles. The van der Waals surface area contributed by atoms with Crippen molar-refractivity contribution in [3.05, 3.63) is 29.3 Å². The fraction of sp³-hybridized carbons (Fsp3) is 0.538. The van der Waals surface area contributed by atoms with Gasteiger partial charge in [-0.3, -0.25) is 0 Å². The molecule has 0 atom stereocenters. The van der Waals surface area contributed by atoms with Gasteiger partial charge >= 0.3 is 0 Å². The van der Waals surface area contributed by atoms with E-state index < -0.39 is 0 Å². The van der Waals surface area contributed by atoms with Crippen molar-refractivity contribution in [2.24, 2.45) is 0 Å². The smallest absolute Gasteiger partial charge is 0.125 e. The zero-order valence-electron chi connectivity index (χ0n) is 9.55. The fourth-order valence-electron chi connectivity index (χ4n) is 1.57. The van der Waals surface area contributed by atoms with Gasteiger partial charge in [-0.1, -0.05) is 18.2 Å². The normalized spacial score (nSPS) is 10.3. The van der Waals surface area contributed by atoms with E-state index in [1.807, 2.05) is 0 Å². The average molecular weight is 227 g/mol. The summed E-state index contributed by atoms with van der Waals surface area (Å²) in [5.74, 6) is 1.80. The minimum atomic E-state index is 0.753. The van der Waals surface area contributed by atoms with Crippen LogP contribution >= 0.6 is 11.6 Å². The van der Waals surface area contributed by atoms with Gasteiger partial charge in [-0.05, 0) is 44.2 Å². The number of hydrogen-bond donors (Lipinski definition) is 0. The monoisotopic (exact) mass is 226 g/mol. The summed E-state index contributed by atoms with van der Waals surface area (Å²) in [6, 6.07) is 6.23. The summed E-state index contributed by atoms with van der Waals surface area (Å²) >= 11 is 5.61. The maximum atomic E-state index is 5.77. The van der Waals surface area contributed by atoms with Gasteiger partial charge in [-0.25, -0.2) is 0 Å². The van der Waals surface area contributed by atoms with Crippen LogP contribution < -0.4 is 4.74 Å². The Bertz CT molecular complexity index is 276. The molecule has 15 heavy (non-hydrogen) atoms. The average Bonchev–Trinajstić information content (AvgIpc) is 2.21. The Morgan fingerprint density at radius 3 is 2.33 bits per heavy atom. The largest absolute Gasteiger partial charge is 0.493 e. The standard InChI is InChI=1S/C13H19ClO/c1-11-7-6-8-12(2)13(11)15-10-5-3-4-9-14/h6-8H,3-5,9-10H2,1-2H3. The van der Waals surface area contributed by atoms with Crippen LogP contribution in [0.1, 0.15) is 30.4 Å². The highest BCUT2D eigenvalue weighted by Gasteiger charge is 2.02. The lowest BCUT2D eigenvalue weighted by atomic mass is 10.1. The molecule has 0 radical (unpaired) electrons. The molecule has 1 nitrogen and oxygen atoms in total. The molecule has 84 valence electrons. The molecule has 1 aromatic rings. The lowest BCUT2D eigenvalue weighted by Crippen LogP contribution is -2.00. The molecule has 0 N–H and O–H groups in total. The summed E-state index contributed by atoms with van der Waals surface area (Å²) in [7, 11) is 0. The highest BCUT2D eigenvalue weighted by molar-refractivity contribution is 6.17. The molecule has 1 aromatic carbocycles. The zero-order chi connectivity index (χ0) is 11.1. The molecule has 0 unspecified atom stereocenters. The van der Waals surface area contributed by atoms with Crippen molar-refractivity contribution >= 4 is 11.6 Å². The maximum Gasteiger partial charge on any atom is 0.125 e. The summed E-state index contributed by atoms with van der Waals surface area (Å²) in [4.78, 5) is 0. The van der Waals surface area contributed by atoms with Gasteiger partial charge in [0.2, 0.25) is 0 Å². The Kier molecular flexibility index (Phi) is 5.56. The molecule has 2 heteroatoms. The third-order valence-electron chi connectivity index (χ3n) is 2.43. The predicted octanol–water partition coefficient (Wildman–Crippen LogP) is 4.09. The molecular formula is C13H19ClO. The number of rotatable bonds is 6. The van der Waals surface area contributed by atoms with Gasteiger partial charge in [0.15, 0.2) is 0 Å². The molecular weight excluding hydrogens is 208 g/mol. The SMILES string of the molecule is Cc1cccc(C)c1OCCCCCCl. The second-order valence-electron chi connectivity index (χ2n) is 3.82. The Balaban J connectivity index is 2.37. The summed E-state index contributed by atoms with van der Waals surface area (Å²) in [6.07, 6.45) is 3.31. The van der Waals surface area contributed by atoms with E-state index in [-0.39, 0.29) is 0 Å². The van der Waals surface area contributed by atoms with Gasteiger partial charge in [-0.2, -0.15) is 0 Å². The van der Waals surface area contributed by atoms with E-state index in [1.165, 1.54) is 11.1 Å². The second kappa shape index (κ2) is 6.73. The summed E-state index contributed by atoms with van der Waals surface area (Å²) in [5, 5.41) is 0. The van der Waals surface area contributed by atoms with Gasteiger partial charge in [0.1, 0.15) is 5.75 Å². The van der Waals surface area contributed by atoms with Gasteiger partial charge in [0, 0.05) is 5.88 Å². The molecule has 0 bridgehead atoms. The first-order valence-corrected chi connectivity index (χ1v) is 6.04. The minimum absolute atomic E-state index is 0.753. The number of unbranched alkanes of at least 4 members (excludes halogenated alkanes) is 2. The number of ether oxygens (including phenoxy) is 1. The van der Waals surface area contributed by atoms with Crippen molar-refractivity contribution in [3.63, 3.8) is 0 Å². The molecule has 0 aliphatic rings. The minimum Gasteiger partial charge on any atom is -0.493 e. The molecule has 0 saturated carbocycles. The van der Waals surface area contributed by atoms with Crippen LogP contribution in [0, 0.1) is 13.8 Å². The maximum absolute atomic E-state index is 5.77. The van der Waals surface area contributed by atoms with Gasteiger partial charge in [0.25, 0.3) is 0 Å². The van der Waals surface area contributed by atoms with E-state index in [2.05, 4.69) is 32.0 Å². The quantitative estimate of drug-likeness (QED) is 0.525. The van der Waals surface area contributed by atoms with Crippen molar-refractivity contribution in [3.8, 4) is 5.75 Å². The zero-order valence-corrected chi connectivity index (χ0v) is 10.3. The Labute approximate surface area is 97.4 Å². The molecule has 0 fully saturated rings. The van der Waals surface area contributed by atoms with Crippen LogP contribution in [0.3, 0.4) is 0 Å². The second-order valence-corrected chi connectivity index (χ2v) is 4.20. The van der Waals surface area contributed by atoms with E-state index in [1.54, 1.807) is 0 Å². The first-order valence-electron chi connectivity index (χ1n) is 5.50. The molecule has 0 amide bonds. The Hall–Kier alpha value is -0.690. The van der Waals surface area contributed by atoms with Gasteiger partial charge in [-0.15, -0.1) is 11.6 Å². The number of para-hydroxylation sites is 1. The summed E-state index contributed by atoms with van der Waals surface area (Å²) < 4.78 is 5.77. The van der Waals surface area contributed by atoms with Crippen LogP contribution in [0.15, 0.2) is 18.2 Å². The lowest BCUT2D eigenvalue weighted by Gasteiger charge is -2.11. The van der Waals surface area contributed by atoms with E-state index in [4.69, 9.17) is 16.3 Å². The molecule has 0 saturated heterocycles. The summed E-state index contributed by atoms with van der Waals surface area (Å²) in [5.41, 5.74) is 2.43. The van der Waals surface area contributed by atoms with Gasteiger partial charge < -0.3 is 4.74 Å². The van der Waals surface area contributed by atoms with Crippen molar-refractivity contribution < 1.29 is 4.74 Å². The van der Waals surface area contributed by atoms with E-state index >= 15 is 0 Å². The molecule has 0 aliphatic heterocycles. The number of hydrogen-bond acceptors (Lipinski definition) is 1. The van der Waals surface area contributed by atoms with Crippen LogP contribution in [-0.4, -0.2) is 12.5 Å². The Morgan fingerprint density at radius 2 is 1.73 bits per heavy atom.